The molecule has 4 saturated carbocycles. The van der Waals surface area contributed by atoms with Gasteiger partial charge in [-0.25, -0.2) is 0 Å². The lowest BCUT2D eigenvalue weighted by Crippen LogP contribution is -2.53. The average molecular weight is 273 g/mol. The summed E-state index contributed by atoms with van der Waals surface area (Å²) in [4.78, 5) is 0. The van der Waals surface area contributed by atoms with Gasteiger partial charge in [-0.05, 0) is 87.5 Å². The van der Waals surface area contributed by atoms with Crippen LogP contribution in [0.3, 0.4) is 0 Å². The molecule has 1 heteroatoms. The lowest BCUT2D eigenvalue weighted by Gasteiger charge is -2.56. The largest absolute Gasteiger partial charge is 0.314 e. The van der Waals surface area contributed by atoms with Gasteiger partial charge in [0.25, 0.3) is 0 Å². The Bertz CT molecular complexity index is 325. The van der Waals surface area contributed by atoms with Crippen LogP contribution in [0.4, 0.5) is 0 Å². The van der Waals surface area contributed by atoms with Gasteiger partial charge in [0.1, 0.15) is 0 Å². The predicted molar refractivity (Wildman–Crippen MR) is 85.3 cm³/mol. The van der Waals surface area contributed by atoms with Gasteiger partial charge in [-0.3, -0.25) is 0 Å². The molecular weight excluding hydrogens is 242 g/mol. The van der Waals surface area contributed by atoms with Crippen LogP contribution in [0.15, 0.2) is 0 Å². The second kappa shape index (κ2) is 6.52. The fraction of sp³-hybridized carbons (Fsp3) is 0.895. The van der Waals surface area contributed by atoms with Crippen LogP contribution in [0.25, 0.3) is 0 Å². The van der Waals surface area contributed by atoms with Gasteiger partial charge in [-0.1, -0.05) is 6.92 Å². The van der Waals surface area contributed by atoms with Gasteiger partial charge >= 0.3 is 0 Å². The number of unbranched alkanes of at least 4 members (excludes halogenated alkanes) is 1. The first kappa shape index (κ1) is 14.5. The third-order valence-electron chi connectivity index (χ3n) is 6.26. The fourth-order valence-electron chi connectivity index (χ4n) is 5.81. The molecule has 4 rings (SSSR count). The van der Waals surface area contributed by atoms with Crippen LogP contribution in [0.5, 0.6) is 0 Å². The Labute approximate surface area is 125 Å². The lowest BCUT2D eigenvalue weighted by molar-refractivity contribution is -0.0530. The van der Waals surface area contributed by atoms with Gasteiger partial charge in [0.2, 0.25) is 0 Å². The minimum Gasteiger partial charge on any atom is -0.314 e. The second-order valence-corrected chi connectivity index (χ2v) is 7.67. The van der Waals surface area contributed by atoms with E-state index in [-0.39, 0.29) is 0 Å². The summed E-state index contributed by atoms with van der Waals surface area (Å²) in [6, 6.07) is 0.748. The molecule has 0 aromatic heterocycles. The molecular formula is C19H31N. The van der Waals surface area contributed by atoms with E-state index in [0.717, 1.165) is 42.1 Å². The maximum Gasteiger partial charge on any atom is 0.0101 e. The first-order valence-corrected chi connectivity index (χ1v) is 8.98. The van der Waals surface area contributed by atoms with E-state index in [4.69, 9.17) is 6.42 Å². The summed E-state index contributed by atoms with van der Waals surface area (Å²) in [7, 11) is 0. The van der Waals surface area contributed by atoms with Crippen molar-refractivity contribution in [3.8, 4) is 12.3 Å². The number of terminal acetylenes is 1. The van der Waals surface area contributed by atoms with Crippen molar-refractivity contribution in [2.45, 2.75) is 70.8 Å². The minimum absolute atomic E-state index is 0.748. The standard InChI is InChI=1S/C19H31N/c1-3-5-6-7-18(20-8-4-2)19-16-10-14-9-15(12-16)13-17(19)11-14/h1,14-20H,4-13H2,2H3. The normalized spacial score (nSPS) is 39.7. The lowest BCUT2D eigenvalue weighted by atomic mass is 9.50. The molecule has 112 valence electrons. The topological polar surface area (TPSA) is 12.0 Å². The third kappa shape index (κ3) is 2.91. The van der Waals surface area contributed by atoms with Crippen LogP contribution in [0.2, 0.25) is 0 Å². The molecule has 1 atom stereocenters. The van der Waals surface area contributed by atoms with E-state index in [9.17, 15) is 0 Å². The SMILES string of the molecule is C#CCCCC(NCCC)C1C2CC3CC(C2)CC1C3. The van der Waals surface area contributed by atoms with E-state index in [1.54, 1.807) is 6.42 Å². The summed E-state index contributed by atoms with van der Waals surface area (Å²) in [6.07, 6.45) is 17.9. The number of hydrogen-bond acceptors (Lipinski definition) is 1. The van der Waals surface area contributed by atoms with Crippen molar-refractivity contribution in [3.63, 3.8) is 0 Å². The van der Waals surface area contributed by atoms with E-state index in [1.807, 2.05) is 0 Å². The molecule has 0 aromatic carbocycles. The van der Waals surface area contributed by atoms with Crippen LogP contribution in [0, 0.1) is 41.9 Å². The highest BCUT2D eigenvalue weighted by atomic mass is 14.9. The van der Waals surface area contributed by atoms with E-state index in [0.29, 0.717) is 0 Å². The Morgan fingerprint density at radius 3 is 2.30 bits per heavy atom. The monoisotopic (exact) mass is 273 g/mol. The molecule has 4 bridgehead atoms. The number of nitrogens with one attached hydrogen (secondary N) is 1. The molecule has 1 nitrogen and oxygen atoms in total. The van der Waals surface area contributed by atoms with Crippen molar-refractivity contribution < 1.29 is 0 Å². The Kier molecular flexibility index (Phi) is 4.72. The predicted octanol–water partition coefficient (Wildman–Crippen LogP) is 4.23. The van der Waals surface area contributed by atoms with Gasteiger partial charge in [0.15, 0.2) is 0 Å². The Morgan fingerprint density at radius 2 is 1.75 bits per heavy atom. The Morgan fingerprint density at radius 1 is 1.10 bits per heavy atom. The zero-order valence-electron chi connectivity index (χ0n) is 13.1. The third-order valence-corrected chi connectivity index (χ3v) is 6.26. The zero-order chi connectivity index (χ0) is 13.9. The molecule has 20 heavy (non-hydrogen) atoms. The quantitative estimate of drug-likeness (QED) is 0.540. The molecule has 4 fully saturated rings. The molecule has 4 aliphatic carbocycles. The first-order valence-electron chi connectivity index (χ1n) is 8.98. The molecule has 1 N–H and O–H groups in total. The highest BCUT2D eigenvalue weighted by Crippen LogP contribution is 2.57. The number of hydrogen-bond donors (Lipinski definition) is 1. The fourth-order valence-corrected chi connectivity index (χ4v) is 5.81. The average Bonchev–Trinajstić information content (AvgIpc) is 2.43. The highest BCUT2D eigenvalue weighted by molar-refractivity contribution is 5.01. The maximum atomic E-state index is 5.44. The summed E-state index contributed by atoms with van der Waals surface area (Å²) in [5.74, 6) is 8.03. The van der Waals surface area contributed by atoms with E-state index >= 15 is 0 Å². The van der Waals surface area contributed by atoms with Gasteiger partial charge in [-0.15, -0.1) is 12.3 Å². The van der Waals surface area contributed by atoms with E-state index in [2.05, 4.69) is 18.2 Å². The number of rotatable bonds is 7. The Balaban J connectivity index is 1.65. The van der Waals surface area contributed by atoms with E-state index in [1.165, 1.54) is 51.5 Å². The van der Waals surface area contributed by atoms with Gasteiger partial charge in [0, 0.05) is 12.5 Å². The Hall–Kier alpha value is -0.480. The van der Waals surface area contributed by atoms with Crippen LogP contribution in [-0.4, -0.2) is 12.6 Å². The molecule has 0 heterocycles. The van der Waals surface area contributed by atoms with Crippen LogP contribution >= 0.6 is 0 Å². The van der Waals surface area contributed by atoms with Gasteiger partial charge in [-0.2, -0.15) is 0 Å². The first-order chi connectivity index (χ1) is 9.81. The highest BCUT2D eigenvalue weighted by Gasteiger charge is 2.50. The summed E-state index contributed by atoms with van der Waals surface area (Å²) in [5, 5.41) is 3.89. The van der Waals surface area contributed by atoms with Crippen LogP contribution < -0.4 is 5.32 Å². The molecule has 0 aliphatic heterocycles. The summed E-state index contributed by atoms with van der Waals surface area (Å²) < 4.78 is 0. The second-order valence-electron chi connectivity index (χ2n) is 7.67. The summed E-state index contributed by atoms with van der Waals surface area (Å²) >= 11 is 0. The van der Waals surface area contributed by atoms with Gasteiger partial charge < -0.3 is 5.32 Å². The molecule has 0 aromatic rings. The maximum absolute atomic E-state index is 5.44. The van der Waals surface area contributed by atoms with Crippen molar-refractivity contribution in [2.75, 3.05) is 6.54 Å². The molecule has 0 radical (unpaired) electrons. The smallest absolute Gasteiger partial charge is 0.0101 e. The van der Waals surface area contributed by atoms with Crippen molar-refractivity contribution in [2.24, 2.45) is 29.6 Å². The minimum atomic E-state index is 0.748. The zero-order valence-corrected chi connectivity index (χ0v) is 13.1. The molecule has 4 aliphatic rings. The van der Waals surface area contributed by atoms with Crippen molar-refractivity contribution in [3.05, 3.63) is 0 Å². The van der Waals surface area contributed by atoms with Crippen LogP contribution in [-0.2, 0) is 0 Å². The summed E-state index contributed by atoms with van der Waals surface area (Å²) in [5.41, 5.74) is 0. The molecule has 0 saturated heterocycles. The molecule has 0 amide bonds. The van der Waals surface area contributed by atoms with Crippen molar-refractivity contribution in [1.29, 1.82) is 0 Å². The van der Waals surface area contributed by atoms with Crippen molar-refractivity contribution >= 4 is 0 Å². The summed E-state index contributed by atoms with van der Waals surface area (Å²) in [6.45, 7) is 3.46. The molecule has 1 unspecified atom stereocenters. The van der Waals surface area contributed by atoms with Crippen molar-refractivity contribution in [1.82, 2.24) is 5.32 Å². The van der Waals surface area contributed by atoms with Gasteiger partial charge in [0.05, 0.1) is 0 Å². The molecule has 0 spiro atoms. The van der Waals surface area contributed by atoms with E-state index < -0.39 is 0 Å². The van der Waals surface area contributed by atoms with Crippen LogP contribution in [0.1, 0.15) is 64.7 Å².